The maximum absolute atomic E-state index is 12.4. The Balaban J connectivity index is 2.26. The van der Waals surface area contributed by atoms with E-state index in [1.807, 2.05) is 32.0 Å². The molecular weight excluding hydrogens is 264 g/mol. The fourth-order valence-corrected chi connectivity index (χ4v) is 2.12. The highest BCUT2D eigenvalue weighted by Gasteiger charge is 2.12. The summed E-state index contributed by atoms with van der Waals surface area (Å²) in [5, 5.41) is 5.54. The van der Waals surface area contributed by atoms with Crippen LogP contribution in [0, 0.1) is 13.8 Å². The lowest BCUT2D eigenvalue weighted by molar-refractivity contribution is -0.114. The number of anilines is 2. The first-order valence-corrected chi connectivity index (χ1v) is 6.72. The van der Waals surface area contributed by atoms with Crippen LogP contribution in [-0.2, 0) is 4.79 Å². The summed E-state index contributed by atoms with van der Waals surface area (Å²) in [6, 6.07) is 12.8. The molecule has 0 aliphatic carbocycles. The van der Waals surface area contributed by atoms with Crippen molar-refractivity contribution in [3.05, 3.63) is 59.2 Å². The van der Waals surface area contributed by atoms with Crippen LogP contribution in [0.3, 0.4) is 0 Å². The summed E-state index contributed by atoms with van der Waals surface area (Å²) in [4.78, 5) is 23.6. The number of para-hydroxylation sites is 1. The van der Waals surface area contributed by atoms with Gasteiger partial charge in [0.05, 0.1) is 11.3 Å². The number of benzene rings is 2. The van der Waals surface area contributed by atoms with Crippen LogP contribution in [0.5, 0.6) is 0 Å². The molecule has 0 radical (unpaired) electrons. The van der Waals surface area contributed by atoms with Crippen LogP contribution in [0.4, 0.5) is 11.4 Å². The summed E-state index contributed by atoms with van der Waals surface area (Å²) in [6.07, 6.45) is 0. The maximum Gasteiger partial charge on any atom is 0.257 e. The van der Waals surface area contributed by atoms with Gasteiger partial charge >= 0.3 is 0 Å². The zero-order valence-electron chi connectivity index (χ0n) is 12.4. The molecule has 108 valence electrons. The highest BCUT2D eigenvalue weighted by molar-refractivity contribution is 6.10. The molecule has 2 rings (SSSR count). The van der Waals surface area contributed by atoms with Crippen LogP contribution >= 0.6 is 0 Å². The number of aryl methyl sites for hydroxylation is 2. The number of carbonyl (C=O) groups is 2. The van der Waals surface area contributed by atoms with Gasteiger partial charge in [0.2, 0.25) is 5.91 Å². The summed E-state index contributed by atoms with van der Waals surface area (Å²) in [5.41, 5.74) is 3.85. The van der Waals surface area contributed by atoms with Gasteiger partial charge in [-0.3, -0.25) is 9.59 Å². The van der Waals surface area contributed by atoms with Crippen molar-refractivity contribution in [2.45, 2.75) is 20.8 Å². The van der Waals surface area contributed by atoms with E-state index in [-0.39, 0.29) is 11.8 Å². The second-order valence-electron chi connectivity index (χ2n) is 5.00. The molecule has 2 amide bonds. The fourth-order valence-electron chi connectivity index (χ4n) is 2.12. The van der Waals surface area contributed by atoms with Crippen molar-refractivity contribution < 1.29 is 9.59 Å². The fraction of sp³-hybridized carbons (Fsp3) is 0.176. The number of hydrogen-bond donors (Lipinski definition) is 2. The molecule has 0 aromatic heterocycles. The Kier molecular flexibility index (Phi) is 4.38. The van der Waals surface area contributed by atoms with Gasteiger partial charge in [-0.15, -0.1) is 0 Å². The lowest BCUT2D eigenvalue weighted by Crippen LogP contribution is -2.17. The Morgan fingerprint density at radius 2 is 1.62 bits per heavy atom. The molecule has 2 aromatic carbocycles. The standard InChI is InChI=1S/C17H18N2O2/c1-11-8-9-15(12(2)10-11)19-17(21)14-6-4-5-7-16(14)18-13(3)20/h4-10H,1-3H3,(H,18,20)(H,19,21). The second-order valence-corrected chi connectivity index (χ2v) is 5.00. The molecule has 0 fully saturated rings. The number of amides is 2. The summed E-state index contributed by atoms with van der Waals surface area (Å²) in [6.45, 7) is 5.37. The first-order valence-electron chi connectivity index (χ1n) is 6.72. The third-order valence-electron chi connectivity index (χ3n) is 3.11. The summed E-state index contributed by atoms with van der Waals surface area (Å²) < 4.78 is 0. The van der Waals surface area contributed by atoms with Crippen LogP contribution in [-0.4, -0.2) is 11.8 Å². The Morgan fingerprint density at radius 3 is 2.29 bits per heavy atom. The van der Waals surface area contributed by atoms with E-state index in [0.717, 1.165) is 16.8 Å². The third-order valence-corrected chi connectivity index (χ3v) is 3.11. The number of carbonyl (C=O) groups excluding carboxylic acids is 2. The SMILES string of the molecule is CC(=O)Nc1ccccc1C(=O)Nc1ccc(C)cc1C. The lowest BCUT2D eigenvalue weighted by Gasteiger charge is -2.12. The van der Waals surface area contributed by atoms with E-state index in [2.05, 4.69) is 10.6 Å². The van der Waals surface area contributed by atoms with Crippen molar-refractivity contribution in [2.75, 3.05) is 10.6 Å². The van der Waals surface area contributed by atoms with Crippen LogP contribution < -0.4 is 10.6 Å². The Labute approximate surface area is 124 Å². The minimum atomic E-state index is -0.244. The normalized spacial score (nSPS) is 10.0. The second kappa shape index (κ2) is 6.22. The van der Waals surface area contributed by atoms with Crippen molar-refractivity contribution in [3.63, 3.8) is 0 Å². The minimum Gasteiger partial charge on any atom is -0.326 e. The van der Waals surface area contributed by atoms with Crippen molar-refractivity contribution in [2.24, 2.45) is 0 Å². The quantitative estimate of drug-likeness (QED) is 0.905. The van der Waals surface area contributed by atoms with Gasteiger partial charge in [-0.2, -0.15) is 0 Å². The first kappa shape index (κ1) is 14.8. The van der Waals surface area contributed by atoms with E-state index >= 15 is 0 Å². The van der Waals surface area contributed by atoms with Gasteiger partial charge in [0, 0.05) is 12.6 Å². The number of nitrogens with one attached hydrogen (secondary N) is 2. The van der Waals surface area contributed by atoms with Crippen LogP contribution in [0.2, 0.25) is 0 Å². The topological polar surface area (TPSA) is 58.2 Å². The van der Waals surface area contributed by atoms with E-state index in [1.54, 1.807) is 24.3 Å². The molecule has 0 bridgehead atoms. The third kappa shape index (κ3) is 3.69. The van der Waals surface area contributed by atoms with E-state index < -0.39 is 0 Å². The van der Waals surface area contributed by atoms with Gasteiger partial charge in [0.1, 0.15) is 0 Å². The van der Waals surface area contributed by atoms with E-state index in [9.17, 15) is 9.59 Å². The molecule has 21 heavy (non-hydrogen) atoms. The molecule has 0 saturated carbocycles. The highest BCUT2D eigenvalue weighted by atomic mass is 16.2. The molecular formula is C17H18N2O2. The van der Waals surface area contributed by atoms with Crippen molar-refractivity contribution in [3.8, 4) is 0 Å². The zero-order valence-corrected chi connectivity index (χ0v) is 12.4. The molecule has 2 aromatic rings. The smallest absolute Gasteiger partial charge is 0.257 e. The lowest BCUT2D eigenvalue weighted by atomic mass is 10.1. The predicted molar refractivity (Wildman–Crippen MR) is 84.6 cm³/mol. The average molecular weight is 282 g/mol. The van der Waals surface area contributed by atoms with Crippen LogP contribution in [0.1, 0.15) is 28.4 Å². The first-order chi connectivity index (χ1) is 9.97. The van der Waals surface area contributed by atoms with Gasteiger partial charge in [-0.1, -0.05) is 29.8 Å². The maximum atomic E-state index is 12.4. The summed E-state index contributed by atoms with van der Waals surface area (Å²) >= 11 is 0. The van der Waals surface area contributed by atoms with Gasteiger partial charge in [-0.05, 0) is 37.6 Å². The molecule has 0 saturated heterocycles. The van der Waals surface area contributed by atoms with Crippen molar-refractivity contribution in [1.82, 2.24) is 0 Å². The monoisotopic (exact) mass is 282 g/mol. The van der Waals surface area contributed by atoms with E-state index in [1.165, 1.54) is 6.92 Å². The zero-order chi connectivity index (χ0) is 15.4. The molecule has 4 heteroatoms. The van der Waals surface area contributed by atoms with Gasteiger partial charge in [0.25, 0.3) is 5.91 Å². The largest absolute Gasteiger partial charge is 0.326 e. The minimum absolute atomic E-state index is 0.207. The summed E-state index contributed by atoms with van der Waals surface area (Å²) in [7, 11) is 0. The predicted octanol–water partition coefficient (Wildman–Crippen LogP) is 3.51. The Bertz CT molecular complexity index is 693. The van der Waals surface area contributed by atoms with Crippen molar-refractivity contribution >= 4 is 23.2 Å². The van der Waals surface area contributed by atoms with Crippen molar-refractivity contribution in [1.29, 1.82) is 0 Å². The Hall–Kier alpha value is -2.62. The van der Waals surface area contributed by atoms with E-state index in [0.29, 0.717) is 11.3 Å². The molecule has 0 aliphatic heterocycles. The average Bonchev–Trinajstić information content (AvgIpc) is 2.42. The highest BCUT2D eigenvalue weighted by Crippen LogP contribution is 2.20. The molecule has 0 spiro atoms. The van der Waals surface area contributed by atoms with Gasteiger partial charge in [0.15, 0.2) is 0 Å². The molecule has 0 heterocycles. The van der Waals surface area contributed by atoms with Crippen LogP contribution in [0.15, 0.2) is 42.5 Å². The molecule has 0 aliphatic rings. The molecule has 4 nitrogen and oxygen atoms in total. The van der Waals surface area contributed by atoms with Gasteiger partial charge in [-0.25, -0.2) is 0 Å². The Morgan fingerprint density at radius 1 is 0.905 bits per heavy atom. The number of rotatable bonds is 3. The molecule has 2 N–H and O–H groups in total. The molecule has 0 unspecified atom stereocenters. The van der Waals surface area contributed by atoms with Crippen LogP contribution in [0.25, 0.3) is 0 Å². The summed E-state index contributed by atoms with van der Waals surface area (Å²) in [5.74, 6) is -0.451. The molecule has 0 atom stereocenters. The number of hydrogen-bond acceptors (Lipinski definition) is 2. The van der Waals surface area contributed by atoms with Gasteiger partial charge < -0.3 is 10.6 Å². The van der Waals surface area contributed by atoms with E-state index in [4.69, 9.17) is 0 Å².